The van der Waals surface area contributed by atoms with Crippen LogP contribution in [0.4, 0.5) is 0 Å². The van der Waals surface area contributed by atoms with E-state index in [1.165, 1.54) is 0 Å². The van der Waals surface area contributed by atoms with Crippen molar-refractivity contribution in [1.29, 1.82) is 0 Å². The molecule has 142 valence electrons. The average molecular weight is 369 g/mol. The summed E-state index contributed by atoms with van der Waals surface area (Å²) in [5.74, 6) is -0.640. The number of amides is 1. The molecule has 1 amide bonds. The summed E-state index contributed by atoms with van der Waals surface area (Å²) in [4.78, 5) is 41.1. The van der Waals surface area contributed by atoms with Crippen molar-refractivity contribution in [2.45, 2.75) is 57.5 Å². The van der Waals surface area contributed by atoms with Crippen molar-refractivity contribution in [2.24, 2.45) is 5.92 Å². The number of hydrogen-bond acceptors (Lipinski definition) is 4. The van der Waals surface area contributed by atoms with E-state index in [0.29, 0.717) is 42.3 Å². The van der Waals surface area contributed by atoms with Gasteiger partial charge in [0.15, 0.2) is 0 Å². The Hall–Kier alpha value is -2.70. The molecule has 0 unspecified atom stereocenters. The van der Waals surface area contributed by atoms with E-state index in [-0.39, 0.29) is 23.4 Å². The summed E-state index contributed by atoms with van der Waals surface area (Å²) in [5.41, 5.74) is 0.964. The van der Waals surface area contributed by atoms with E-state index in [0.717, 1.165) is 31.5 Å². The molecule has 0 spiro atoms. The molecule has 1 aromatic carbocycles. The van der Waals surface area contributed by atoms with Crippen molar-refractivity contribution < 1.29 is 14.7 Å². The lowest BCUT2D eigenvalue weighted by molar-refractivity contribution is -0.141. The zero-order valence-electron chi connectivity index (χ0n) is 15.1. The Balaban J connectivity index is 1.59. The number of nitrogens with one attached hydrogen (secondary N) is 1. The van der Waals surface area contributed by atoms with Crippen molar-refractivity contribution in [1.82, 2.24) is 14.9 Å². The van der Waals surface area contributed by atoms with Crippen molar-refractivity contribution in [3.05, 3.63) is 39.9 Å². The molecule has 27 heavy (non-hydrogen) atoms. The first-order valence-electron chi connectivity index (χ1n) is 9.60. The number of rotatable bonds is 3. The third kappa shape index (κ3) is 3.46. The molecule has 2 heterocycles. The van der Waals surface area contributed by atoms with Gasteiger partial charge in [-0.05, 0) is 50.3 Å². The number of benzene rings is 1. The summed E-state index contributed by atoms with van der Waals surface area (Å²) in [7, 11) is 0. The van der Waals surface area contributed by atoms with Gasteiger partial charge in [-0.25, -0.2) is 4.98 Å². The van der Waals surface area contributed by atoms with E-state index >= 15 is 0 Å². The first-order valence-corrected chi connectivity index (χ1v) is 9.60. The summed E-state index contributed by atoms with van der Waals surface area (Å²) in [6.07, 6.45) is 5.59. The van der Waals surface area contributed by atoms with Gasteiger partial charge in [0.05, 0.1) is 16.8 Å². The highest BCUT2D eigenvalue weighted by Gasteiger charge is 2.30. The van der Waals surface area contributed by atoms with E-state index in [4.69, 9.17) is 5.11 Å². The summed E-state index contributed by atoms with van der Waals surface area (Å²) in [5, 5.41) is 12.5. The molecule has 1 saturated carbocycles. The standard InChI is InChI=1S/C20H23N3O4/c24-18(21-14-7-5-13(10-14)20(26)27)12-6-8-15-16(11-12)22-17-4-2-1-3-9-23(17)19(15)25/h6,8,11,13-14H,1-5,7,9-10H2,(H,21,24)(H,26,27)/t13-,14+/m0/s1. The van der Waals surface area contributed by atoms with Crippen molar-refractivity contribution in [3.63, 3.8) is 0 Å². The van der Waals surface area contributed by atoms with Gasteiger partial charge in [-0.15, -0.1) is 0 Å². The van der Waals surface area contributed by atoms with Crippen molar-refractivity contribution in [3.8, 4) is 0 Å². The van der Waals surface area contributed by atoms with Gasteiger partial charge in [0.2, 0.25) is 0 Å². The zero-order chi connectivity index (χ0) is 19.0. The third-order valence-corrected chi connectivity index (χ3v) is 5.70. The normalized spacial score (nSPS) is 22.2. The van der Waals surface area contributed by atoms with Crippen molar-refractivity contribution >= 4 is 22.8 Å². The van der Waals surface area contributed by atoms with Gasteiger partial charge in [0.25, 0.3) is 11.5 Å². The third-order valence-electron chi connectivity index (χ3n) is 5.70. The largest absolute Gasteiger partial charge is 0.481 e. The predicted octanol–water partition coefficient (Wildman–Crippen LogP) is 2.11. The smallest absolute Gasteiger partial charge is 0.306 e. The minimum atomic E-state index is -0.803. The van der Waals surface area contributed by atoms with Crippen LogP contribution >= 0.6 is 0 Å². The number of aromatic nitrogens is 2. The number of hydrogen-bond donors (Lipinski definition) is 2. The van der Waals surface area contributed by atoms with Crippen LogP contribution in [-0.2, 0) is 17.8 Å². The second-order valence-corrected chi connectivity index (χ2v) is 7.55. The molecule has 1 aromatic heterocycles. The fourth-order valence-electron chi connectivity index (χ4n) is 4.17. The van der Waals surface area contributed by atoms with Gasteiger partial charge < -0.3 is 10.4 Å². The molecule has 7 nitrogen and oxygen atoms in total. The van der Waals surface area contributed by atoms with Crippen molar-refractivity contribution in [2.75, 3.05) is 0 Å². The molecular weight excluding hydrogens is 346 g/mol. The highest BCUT2D eigenvalue weighted by Crippen LogP contribution is 2.26. The van der Waals surface area contributed by atoms with Crippen LogP contribution in [-0.4, -0.2) is 32.6 Å². The fourth-order valence-corrected chi connectivity index (χ4v) is 4.17. The van der Waals surface area contributed by atoms with Gasteiger partial charge in [0, 0.05) is 24.6 Å². The Labute approximate surface area is 156 Å². The van der Waals surface area contributed by atoms with Crippen LogP contribution in [0.25, 0.3) is 10.9 Å². The molecule has 0 saturated heterocycles. The maximum absolute atomic E-state index is 12.8. The maximum Gasteiger partial charge on any atom is 0.306 e. The Morgan fingerprint density at radius 1 is 1.19 bits per heavy atom. The lowest BCUT2D eigenvalue weighted by Gasteiger charge is -2.14. The van der Waals surface area contributed by atoms with Gasteiger partial charge in [-0.2, -0.15) is 0 Å². The number of carbonyl (C=O) groups excluding carboxylic acids is 1. The van der Waals surface area contributed by atoms with E-state index in [1.54, 1.807) is 22.8 Å². The van der Waals surface area contributed by atoms with Crippen LogP contribution in [0.3, 0.4) is 0 Å². The number of carboxylic acids is 1. The Kier molecular flexibility index (Phi) is 4.68. The van der Waals surface area contributed by atoms with Crippen LogP contribution in [0.1, 0.15) is 54.7 Å². The number of carboxylic acid groups (broad SMARTS) is 1. The molecule has 1 aliphatic carbocycles. The van der Waals surface area contributed by atoms with Crippen LogP contribution in [0.5, 0.6) is 0 Å². The summed E-state index contributed by atoms with van der Waals surface area (Å²) >= 11 is 0. The molecule has 4 rings (SSSR count). The average Bonchev–Trinajstić information content (AvgIpc) is 2.99. The van der Waals surface area contributed by atoms with Gasteiger partial charge >= 0.3 is 5.97 Å². The topological polar surface area (TPSA) is 101 Å². The number of aliphatic carboxylic acids is 1. The highest BCUT2D eigenvalue weighted by molar-refractivity contribution is 5.97. The quantitative estimate of drug-likeness (QED) is 0.863. The molecule has 1 aliphatic heterocycles. The van der Waals surface area contributed by atoms with Gasteiger partial charge in [0.1, 0.15) is 5.82 Å². The second-order valence-electron chi connectivity index (χ2n) is 7.55. The molecule has 7 heteroatoms. The Morgan fingerprint density at radius 3 is 2.81 bits per heavy atom. The number of nitrogens with zero attached hydrogens (tertiary/aromatic N) is 2. The monoisotopic (exact) mass is 369 g/mol. The van der Waals surface area contributed by atoms with E-state index in [1.807, 2.05) is 0 Å². The van der Waals surface area contributed by atoms with Crippen LogP contribution in [0, 0.1) is 5.92 Å². The zero-order valence-corrected chi connectivity index (χ0v) is 15.1. The maximum atomic E-state index is 12.8. The summed E-state index contributed by atoms with van der Waals surface area (Å²) in [6, 6.07) is 4.86. The van der Waals surface area contributed by atoms with Crippen LogP contribution in [0.15, 0.2) is 23.0 Å². The molecule has 2 N–H and O–H groups in total. The molecule has 2 aliphatic rings. The molecule has 2 aromatic rings. The van der Waals surface area contributed by atoms with E-state index in [9.17, 15) is 14.4 Å². The lowest BCUT2D eigenvalue weighted by Crippen LogP contribution is -2.33. The molecule has 0 bridgehead atoms. The molecule has 1 fully saturated rings. The highest BCUT2D eigenvalue weighted by atomic mass is 16.4. The number of carbonyl (C=O) groups is 2. The lowest BCUT2D eigenvalue weighted by atomic mass is 10.1. The number of fused-ring (bicyclic) bond motifs is 2. The first kappa shape index (κ1) is 17.7. The SMILES string of the molecule is O=C(N[C@@H]1CC[C@H](C(=O)O)C1)c1ccc2c(=O)n3c(nc2c1)CCCCC3. The van der Waals surface area contributed by atoms with E-state index in [2.05, 4.69) is 10.3 Å². The summed E-state index contributed by atoms with van der Waals surface area (Å²) < 4.78 is 1.76. The minimum Gasteiger partial charge on any atom is -0.481 e. The van der Waals surface area contributed by atoms with Gasteiger partial charge in [-0.1, -0.05) is 6.42 Å². The summed E-state index contributed by atoms with van der Waals surface area (Å²) in [6.45, 7) is 0.700. The second kappa shape index (κ2) is 7.13. The molecular formula is C20H23N3O4. The van der Waals surface area contributed by atoms with Crippen LogP contribution in [0.2, 0.25) is 0 Å². The van der Waals surface area contributed by atoms with Crippen LogP contribution < -0.4 is 10.9 Å². The van der Waals surface area contributed by atoms with E-state index < -0.39 is 5.97 Å². The number of aryl methyl sites for hydroxylation is 1. The van der Waals surface area contributed by atoms with Gasteiger partial charge in [-0.3, -0.25) is 19.0 Å². The molecule has 0 radical (unpaired) electrons. The Morgan fingerprint density at radius 2 is 2.04 bits per heavy atom. The first-order chi connectivity index (χ1) is 13.0. The fraction of sp³-hybridized carbons (Fsp3) is 0.500. The predicted molar refractivity (Wildman–Crippen MR) is 99.8 cm³/mol. The minimum absolute atomic E-state index is 0.0380. The Bertz CT molecular complexity index is 966. The molecule has 2 atom stereocenters.